The third kappa shape index (κ3) is 3.08. The lowest BCUT2D eigenvalue weighted by molar-refractivity contribution is 0.159. The van der Waals surface area contributed by atoms with Crippen LogP contribution in [0.5, 0.6) is 0 Å². The number of rotatable bonds is 5. The van der Waals surface area contributed by atoms with E-state index >= 15 is 0 Å². The lowest BCUT2D eigenvalue weighted by atomic mass is 10.0. The first-order valence-electron chi connectivity index (χ1n) is 5.31. The molecule has 0 aliphatic carbocycles. The van der Waals surface area contributed by atoms with Crippen molar-refractivity contribution in [3.8, 4) is 0 Å². The van der Waals surface area contributed by atoms with Gasteiger partial charge in [-0.3, -0.25) is 0 Å². The fourth-order valence-electron chi connectivity index (χ4n) is 1.53. The van der Waals surface area contributed by atoms with Gasteiger partial charge in [-0.05, 0) is 18.8 Å². The Bertz CT molecular complexity index is 274. The molecule has 1 rings (SSSR count). The van der Waals surface area contributed by atoms with E-state index in [1.165, 1.54) is 5.01 Å². The van der Waals surface area contributed by atoms with Crippen molar-refractivity contribution in [1.82, 2.24) is 5.01 Å². The zero-order valence-electron chi connectivity index (χ0n) is 9.40. The lowest BCUT2D eigenvalue weighted by Crippen LogP contribution is -2.22. The normalized spacial score (nSPS) is 18.9. The number of hydrazone groups is 1. The molecular weight excluding hydrogens is 192 g/mol. The van der Waals surface area contributed by atoms with E-state index in [-0.39, 0.29) is 6.09 Å². The molecule has 1 heterocycles. The molecule has 15 heavy (non-hydrogen) atoms. The van der Waals surface area contributed by atoms with Crippen molar-refractivity contribution in [1.29, 1.82) is 0 Å². The second-order valence-corrected chi connectivity index (χ2v) is 3.61. The fraction of sp³-hybridized carbons (Fsp3) is 0.636. The number of allylic oxidation sites excluding steroid dienone is 1. The predicted octanol–water partition coefficient (Wildman–Crippen LogP) is 2.42. The molecule has 84 valence electrons. The molecule has 0 aromatic carbocycles. The molecule has 4 nitrogen and oxygen atoms in total. The van der Waals surface area contributed by atoms with Gasteiger partial charge in [0, 0.05) is 5.71 Å². The maximum atomic E-state index is 11.2. The zero-order valence-corrected chi connectivity index (χ0v) is 9.40. The van der Waals surface area contributed by atoms with Crippen molar-refractivity contribution in [3.63, 3.8) is 0 Å². The van der Waals surface area contributed by atoms with E-state index in [0.29, 0.717) is 19.1 Å². The molecule has 0 N–H and O–H groups in total. The van der Waals surface area contributed by atoms with Gasteiger partial charge in [0.15, 0.2) is 0 Å². The maximum absolute atomic E-state index is 11.2. The van der Waals surface area contributed by atoms with Crippen LogP contribution in [0.1, 0.15) is 26.7 Å². The Labute approximate surface area is 90.6 Å². The third-order valence-corrected chi connectivity index (χ3v) is 2.44. The molecule has 0 aromatic heterocycles. The van der Waals surface area contributed by atoms with Crippen LogP contribution in [-0.4, -0.2) is 30.0 Å². The van der Waals surface area contributed by atoms with Gasteiger partial charge in [-0.25, -0.2) is 4.79 Å². The van der Waals surface area contributed by atoms with Crippen LogP contribution in [0, 0.1) is 5.92 Å². The smallest absolute Gasteiger partial charge is 0.430 e. The van der Waals surface area contributed by atoms with Crippen LogP contribution in [0.15, 0.2) is 17.8 Å². The quantitative estimate of drug-likeness (QED) is 0.516. The molecule has 1 aliphatic rings. The van der Waals surface area contributed by atoms with Crippen LogP contribution in [0.2, 0.25) is 0 Å². The maximum Gasteiger partial charge on any atom is 0.430 e. The average Bonchev–Trinajstić information content (AvgIpc) is 2.61. The summed E-state index contributed by atoms with van der Waals surface area (Å²) in [6.45, 7) is 8.83. The number of hydrogen-bond donors (Lipinski definition) is 0. The van der Waals surface area contributed by atoms with Crippen molar-refractivity contribution in [2.75, 3.05) is 13.2 Å². The molecule has 0 saturated carbocycles. The van der Waals surface area contributed by atoms with Crippen LogP contribution in [0.25, 0.3) is 0 Å². The number of hydrogen-bond acceptors (Lipinski definition) is 3. The first kappa shape index (κ1) is 11.8. The van der Waals surface area contributed by atoms with E-state index in [9.17, 15) is 4.79 Å². The van der Waals surface area contributed by atoms with Gasteiger partial charge in [0.1, 0.15) is 6.61 Å². The molecule has 1 aliphatic heterocycles. The molecule has 1 saturated heterocycles. The minimum Gasteiger partial charge on any atom is -0.446 e. The standard InChI is InChI=1S/C11H18N2O2/c1-4-6-9(3)10(5-2)12-13-7-8-15-11(13)14/h4,9H,1,5-8H2,2-3H3/b12-10-. The molecule has 1 atom stereocenters. The Kier molecular flexibility index (Phi) is 4.34. The second kappa shape index (κ2) is 5.53. The van der Waals surface area contributed by atoms with Gasteiger partial charge < -0.3 is 4.74 Å². The summed E-state index contributed by atoms with van der Waals surface area (Å²) in [7, 11) is 0. The minimum atomic E-state index is -0.341. The van der Waals surface area contributed by atoms with E-state index in [1.54, 1.807) is 0 Å². The van der Waals surface area contributed by atoms with Crippen molar-refractivity contribution in [2.24, 2.45) is 11.0 Å². The highest BCUT2D eigenvalue weighted by atomic mass is 16.6. The lowest BCUT2D eigenvalue weighted by Gasteiger charge is -2.14. The Balaban J connectivity index is 2.67. The molecular formula is C11H18N2O2. The van der Waals surface area contributed by atoms with Gasteiger partial charge >= 0.3 is 6.09 Å². The highest BCUT2D eigenvalue weighted by molar-refractivity contribution is 5.87. The largest absolute Gasteiger partial charge is 0.446 e. The Morgan fingerprint density at radius 1 is 1.80 bits per heavy atom. The first-order chi connectivity index (χ1) is 7.19. The first-order valence-corrected chi connectivity index (χ1v) is 5.31. The van der Waals surface area contributed by atoms with Gasteiger partial charge in [-0.1, -0.05) is 19.9 Å². The van der Waals surface area contributed by atoms with Crippen molar-refractivity contribution >= 4 is 11.8 Å². The average molecular weight is 210 g/mol. The third-order valence-electron chi connectivity index (χ3n) is 2.44. The molecule has 0 radical (unpaired) electrons. The number of carbonyl (C=O) groups is 1. The number of ether oxygens (including phenoxy) is 1. The summed E-state index contributed by atoms with van der Waals surface area (Å²) in [5.41, 5.74) is 1.02. The molecule has 0 aromatic rings. The molecule has 1 amide bonds. The van der Waals surface area contributed by atoms with Crippen LogP contribution >= 0.6 is 0 Å². The fourth-order valence-corrected chi connectivity index (χ4v) is 1.53. The molecule has 1 fully saturated rings. The summed E-state index contributed by atoms with van der Waals surface area (Å²) >= 11 is 0. The van der Waals surface area contributed by atoms with E-state index in [1.807, 2.05) is 13.0 Å². The highest BCUT2D eigenvalue weighted by Gasteiger charge is 2.22. The molecule has 0 bridgehead atoms. The summed E-state index contributed by atoms with van der Waals surface area (Å²) in [6.07, 6.45) is 3.26. The number of cyclic esters (lactones) is 1. The minimum absolute atomic E-state index is 0.334. The summed E-state index contributed by atoms with van der Waals surface area (Å²) < 4.78 is 4.81. The summed E-state index contributed by atoms with van der Waals surface area (Å²) in [4.78, 5) is 11.2. The van der Waals surface area contributed by atoms with Gasteiger partial charge in [0.05, 0.1) is 6.54 Å². The van der Waals surface area contributed by atoms with E-state index < -0.39 is 0 Å². The van der Waals surface area contributed by atoms with Crippen molar-refractivity contribution in [3.05, 3.63) is 12.7 Å². The number of nitrogens with zero attached hydrogens (tertiary/aromatic N) is 2. The van der Waals surface area contributed by atoms with E-state index in [2.05, 4.69) is 18.6 Å². The summed E-state index contributed by atoms with van der Waals surface area (Å²) in [5.74, 6) is 0.334. The Morgan fingerprint density at radius 2 is 2.53 bits per heavy atom. The number of carbonyl (C=O) groups excluding carboxylic acids is 1. The topological polar surface area (TPSA) is 41.9 Å². The van der Waals surface area contributed by atoms with Crippen LogP contribution in [0.4, 0.5) is 4.79 Å². The predicted molar refractivity (Wildman–Crippen MR) is 59.8 cm³/mol. The second-order valence-electron chi connectivity index (χ2n) is 3.61. The van der Waals surface area contributed by atoms with Crippen LogP contribution in [0.3, 0.4) is 0 Å². The van der Waals surface area contributed by atoms with Gasteiger partial charge in [-0.15, -0.1) is 6.58 Å². The Hall–Kier alpha value is -1.32. The van der Waals surface area contributed by atoms with Gasteiger partial charge in [0.25, 0.3) is 0 Å². The van der Waals surface area contributed by atoms with Crippen molar-refractivity contribution < 1.29 is 9.53 Å². The van der Waals surface area contributed by atoms with Crippen LogP contribution < -0.4 is 0 Å². The Morgan fingerprint density at radius 3 is 3.00 bits per heavy atom. The zero-order chi connectivity index (χ0) is 11.3. The molecule has 4 heteroatoms. The van der Waals surface area contributed by atoms with E-state index in [0.717, 1.165) is 18.6 Å². The van der Waals surface area contributed by atoms with E-state index in [4.69, 9.17) is 4.74 Å². The van der Waals surface area contributed by atoms with Crippen LogP contribution in [-0.2, 0) is 4.74 Å². The van der Waals surface area contributed by atoms with Crippen molar-refractivity contribution in [2.45, 2.75) is 26.7 Å². The SMILES string of the molecule is C=CCC(C)/C(CC)=N\N1CCOC1=O. The van der Waals surface area contributed by atoms with Gasteiger partial charge in [0.2, 0.25) is 0 Å². The number of amides is 1. The monoisotopic (exact) mass is 210 g/mol. The molecule has 1 unspecified atom stereocenters. The molecule has 0 spiro atoms. The van der Waals surface area contributed by atoms with Gasteiger partial charge in [-0.2, -0.15) is 10.1 Å². The summed E-state index contributed by atoms with van der Waals surface area (Å²) in [5, 5.41) is 5.72. The summed E-state index contributed by atoms with van der Waals surface area (Å²) in [6, 6.07) is 0. The highest BCUT2D eigenvalue weighted by Crippen LogP contribution is 2.12.